The van der Waals surface area contributed by atoms with Crippen LogP contribution in [0.4, 0.5) is 5.69 Å². The molecule has 0 aliphatic rings. The number of nitrogens with two attached hydrogens (primary N) is 1. The molecule has 3 nitrogen and oxygen atoms in total. The quantitative estimate of drug-likeness (QED) is 0.338. The molecule has 3 N–H and O–H groups in total. The van der Waals surface area contributed by atoms with Gasteiger partial charge in [-0.2, -0.15) is 0 Å². The van der Waals surface area contributed by atoms with E-state index in [1.54, 1.807) is 0 Å². The van der Waals surface area contributed by atoms with E-state index in [0.717, 1.165) is 39.6 Å². The van der Waals surface area contributed by atoms with Gasteiger partial charge in [0.2, 0.25) is 0 Å². The molecule has 0 aliphatic carbocycles. The summed E-state index contributed by atoms with van der Waals surface area (Å²) in [6, 6.07) is 24.8. The summed E-state index contributed by atoms with van der Waals surface area (Å²) in [6.07, 6.45) is 1.97. The fraction of sp³-hybridized carbons (Fsp3) is 0.214. The normalized spacial score (nSPS) is 11.3. The third-order valence-corrected chi connectivity index (χ3v) is 5.69. The molecular formula is C28H30N2O. The van der Waals surface area contributed by atoms with E-state index in [1.165, 1.54) is 11.1 Å². The summed E-state index contributed by atoms with van der Waals surface area (Å²) in [5.41, 5.74) is 13.8. The Morgan fingerprint density at radius 3 is 1.90 bits per heavy atom. The van der Waals surface area contributed by atoms with Gasteiger partial charge >= 0.3 is 0 Å². The zero-order chi connectivity index (χ0) is 22.0. The van der Waals surface area contributed by atoms with Gasteiger partial charge in [0.1, 0.15) is 11.5 Å². The van der Waals surface area contributed by atoms with Crippen LogP contribution in [0.2, 0.25) is 0 Å². The van der Waals surface area contributed by atoms with Gasteiger partial charge in [-0.3, -0.25) is 0 Å². The van der Waals surface area contributed by atoms with Gasteiger partial charge in [-0.15, -0.1) is 0 Å². The lowest BCUT2D eigenvalue weighted by atomic mass is 9.94. The topological polar surface area (TPSA) is 51.0 Å². The number of rotatable bonds is 6. The van der Waals surface area contributed by atoms with Crippen LogP contribution in [0.1, 0.15) is 50.7 Å². The molecule has 0 amide bonds. The summed E-state index contributed by atoms with van der Waals surface area (Å²) in [6.45, 7) is 8.81. The van der Waals surface area contributed by atoms with Crippen molar-refractivity contribution in [3.05, 3.63) is 90.1 Å². The summed E-state index contributed by atoms with van der Waals surface area (Å²) < 4.78 is 6.42. The fourth-order valence-corrected chi connectivity index (χ4v) is 3.94. The number of aromatic amines is 1. The molecule has 4 aromatic rings. The van der Waals surface area contributed by atoms with E-state index in [2.05, 4.69) is 75.1 Å². The number of nitrogen functional groups attached to an aromatic ring is 1. The van der Waals surface area contributed by atoms with E-state index in [9.17, 15) is 0 Å². The van der Waals surface area contributed by atoms with E-state index in [4.69, 9.17) is 10.5 Å². The number of H-pyrrole nitrogens is 1. The lowest BCUT2D eigenvalue weighted by molar-refractivity contribution is 0.463. The van der Waals surface area contributed by atoms with Gasteiger partial charge in [-0.05, 0) is 52.8 Å². The lowest BCUT2D eigenvalue weighted by Gasteiger charge is -2.20. The van der Waals surface area contributed by atoms with Gasteiger partial charge in [0.15, 0.2) is 0 Å². The molecule has 0 saturated carbocycles. The Labute approximate surface area is 184 Å². The second-order valence-corrected chi connectivity index (χ2v) is 8.56. The summed E-state index contributed by atoms with van der Waals surface area (Å²) in [7, 11) is 0. The van der Waals surface area contributed by atoms with E-state index < -0.39 is 0 Å². The molecule has 0 saturated heterocycles. The summed E-state index contributed by atoms with van der Waals surface area (Å²) in [5.74, 6) is 2.59. The molecule has 0 unspecified atom stereocenters. The van der Waals surface area contributed by atoms with Crippen LogP contribution >= 0.6 is 0 Å². The molecule has 3 aromatic carbocycles. The molecule has 0 bridgehead atoms. The van der Waals surface area contributed by atoms with E-state index in [-0.39, 0.29) is 0 Å². The number of benzene rings is 3. The van der Waals surface area contributed by atoms with Crippen molar-refractivity contribution in [2.24, 2.45) is 0 Å². The first-order valence-electron chi connectivity index (χ1n) is 10.9. The van der Waals surface area contributed by atoms with Crippen molar-refractivity contribution in [1.29, 1.82) is 0 Å². The summed E-state index contributed by atoms with van der Waals surface area (Å²) in [4.78, 5) is 3.34. The highest BCUT2D eigenvalue weighted by Gasteiger charge is 2.16. The van der Waals surface area contributed by atoms with Crippen LogP contribution in [0, 0.1) is 0 Å². The minimum absolute atomic E-state index is 0.392. The smallest absolute Gasteiger partial charge is 0.134 e. The largest absolute Gasteiger partial charge is 0.457 e. The Morgan fingerprint density at radius 2 is 1.32 bits per heavy atom. The predicted octanol–water partition coefficient (Wildman–Crippen LogP) is 7.97. The maximum atomic E-state index is 6.47. The van der Waals surface area contributed by atoms with Crippen molar-refractivity contribution >= 4 is 5.69 Å². The molecule has 31 heavy (non-hydrogen) atoms. The maximum Gasteiger partial charge on any atom is 0.134 e. The molecule has 0 spiro atoms. The average Bonchev–Trinajstić information content (AvgIpc) is 3.16. The number of nitrogens with one attached hydrogen (secondary N) is 1. The lowest BCUT2D eigenvalue weighted by Crippen LogP contribution is -2.00. The maximum absolute atomic E-state index is 6.47. The monoisotopic (exact) mass is 410 g/mol. The molecule has 1 heterocycles. The standard InChI is InChI=1S/C28H30N2O/c1-18(2)23-11-8-12-24(19(3)4)28(23)31-22-15-13-21(14-16-22)27-26(29)25(17-30-27)20-9-6-5-7-10-20/h5-19,30H,29H2,1-4H3. The van der Waals surface area contributed by atoms with Crippen LogP contribution < -0.4 is 10.5 Å². The number of aromatic nitrogens is 1. The van der Waals surface area contributed by atoms with Gasteiger partial charge in [-0.1, -0.05) is 76.2 Å². The fourth-order valence-electron chi connectivity index (χ4n) is 3.94. The molecule has 0 fully saturated rings. The third kappa shape index (κ3) is 4.22. The SMILES string of the molecule is CC(C)c1cccc(C(C)C)c1Oc1ccc(-c2[nH]cc(-c3ccccc3)c2N)cc1. The first-order chi connectivity index (χ1) is 15.0. The molecule has 1 aromatic heterocycles. The molecule has 158 valence electrons. The first kappa shape index (κ1) is 20.8. The minimum atomic E-state index is 0.392. The van der Waals surface area contributed by atoms with Crippen molar-refractivity contribution in [3.63, 3.8) is 0 Å². The highest BCUT2D eigenvalue weighted by molar-refractivity contribution is 5.87. The van der Waals surface area contributed by atoms with E-state index >= 15 is 0 Å². The summed E-state index contributed by atoms with van der Waals surface area (Å²) >= 11 is 0. The zero-order valence-electron chi connectivity index (χ0n) is 18.6. The van der Waals surface area contributed by atoms with Gasteiger partial charge in [-0.25, -0.2) is 0 Å². The van der Waals surface area contributed by atoms with Crippen molar-refractivity contribution in [2.45, 2.75) is 39.5 Å². The van der Waals surface area contributed by atoms with Crippen LogP contribution in [-0.4, -0.2) is 4.98 Å². The van der Waals surface area contributed by atoms with Crippen molar-refractivity contribution in [3.8, 4) is 33.9 Å². The second kappa shape index (κ2) is 8.73. The molecule has 4 rings (SSSR count). The van der Waals surface area contributed by atoms with Crippen LogP contribution in [-0.2, 0) is 0 Å². The van der Waals surface area contributed by atoms with Gasteiger partial charge in [0.05, 0.1) is 11.4 Å². The second-order valence-electron chi connectivity index (χ2n) is 8.56. The van der Waals surface area contributed by atoms with Gasteiger partial charge in [0.25, 0.3) is 0 Å². The van der Waals surface area contributed by atoms with Crippen molar-refractivity contribution in [2.75, 3.05) is 5.73 Å². The highest BCUT2D eigenvalue weighted by atomic mass is 16.5. The molecule has 0 atom stereocenters. The highest BCUT2D eigenvalue weighted by Crippen LogP contribution is 2.39. The average molecular weight is 411 g/mol. The Balaban J connectivity index is 1.63. The first-order valence-corrected chi connectivity index (χ1v) is 10.9. The van der Waals surface area contributed by atoms with Crippen molar-refractivity contribution < 1.29 is 4.74 Å². The number of para-hydroxylation sites is 1. The molecule has 0 radical (unpaired) electrons. The van der Waals surface area contributed by atoms with E-state index in [1.807, 2.05) is 36.5 Å². The van der Waals surface area contributed by atoms with Crippen LogP contribution in [0.15, 0.2) is 79.0 Å². The molecular weight excluding hydrogens is 380 g/mol. The predicted molar refractivity (Wildman–Crippen MR) is 131 cm³/mol. The molecule has 3 heteroatoms. The van der Waals surface area contributed by atoms with Crippen LogP contribution in [0.3, 0.4) is 0 Å². The number of hydrogen-bond donors (Lipinski definition) is 2. The zero-order valence-corrected chi connectivity index (χ0v) is 18.6. The van der Waals surface area contributed by atoms with Gasteiger partial charge in [0, 0.05) is 17.3 Å². The molecule has 0 aliphatic heterocycles. The Kier molecular flexibility index (Phi) is 5.85. The van der Waals surface area contributed by atoms with Gasteiger partial charge < -0.3 is 15.5 Å². The van der Waals surface area contributed by atoms with Crippen molar-refractivity contribution in [1.82, 2.24) is 4.98 Å². The Bertz CT molecular complexity index is 1130. The van der Waals surface area contributed by atoms with Crippen LogP contribution in [0.25, 0.3) is 22.4 Å². The Morgan fingerprint density at radius 1 is 0.710 bits per heavy atom. The minimum Gasteiger partial charge on any atom is -0.457 e. The van der Waals surface area contributed by atoms with Crippen LogP contribution in [0.5, 0.6) is 11.5 Å². The third-order valence-electron chi connectivity index (χ3n) is 5.69. The number of anilines is 1. The Hall–Kier alpha value is -3.46. The number of hydrogen-bond acceptors (Lipinski definition) is 2. The summed E-state index contributed by atoms with van der Waals surface area (Å²) in [5, 5.41) is 0. The number of ether oxygens (including phenoxy) is 1. The van der Waals surface area contributed by atoms with E-state index in [0.29, 0.717) is 11.8 Å².